The van der Waals surface area contributed by atoms with E-state index in [1.54, 1.807) is 0 Å². The number of ether oxygens (including phenoxy) is 1. The van der Waals surface area contributed by atoms with Gasteiger partial charge in [0.1, 0.15) is 6.61 Å². The van der Waals surface area contributed by atoms with E-state index in [1.165, 1.54) is 64.4 Å². The summed E-state index contributed by atoms with van der Waals surface area (Å²) >= 11 is 0. The first kappa shape index (κ1) is 18.9. The zero-order chi connectivity index (χ0) is 15.1. The van der Waals surface area contributed by atoms with Gasteiger partial charge in [-0.1, -0.05) is 64.4 Å². The molecule has 0 aromatic carbocycles. The Morgan fingerprint density at radius 2 is 1.45 bits per heavy atom. The molecule has 0 saturated carbocycles. The standard InChI is InChI=1S/C17H30O3/c1-3-4-5-6-7-8-9-10-11-12-13-14-17(19)20-15-16(2)18/h13-14H,3-12,15H2,1-2H3. The van der Waals surface area contributed by atoms with Crippen molar-refractivity contribution in [3.05, 3.63) is 12.2 Å². The third kappa shape index (κ3) is 14.9. The van der Waals surface area contributed by atoms with E-state index in [9.17, 15) is 9.59 Å². The van der Waals surface area contributed by atoms with Crippen molar-refractivity contribution in [3.63, 3.8) is 0 Å². The number of esters is 1. The lowest BCUT2D eigenvalue weighted by atomic mass is 10.1. The van der Waals surface area contributed by atoms with Gasteiger partial charge in [-0.2, -0.15) is 0 Å². The summed E-state index contributed by atoms with van der Waals surface area (Å²) in [6, 6.07) is 0. The van der Waals surface area contributed by atoms with Crippen LogP contribution in [0.3, 0.4) is 0 Å². The van der Waals surface area contributed by atoms with Gasteiger partial charge in [0.15, 0.2) is 5.78 Å². The summed E-state index contributed by atoms with van der Waals surface area (Å²) in [6.45, 7) is 3.52. The van der Waals surface area contributed by atoms with Crippen LogP contribution in [0, 0.1) is 0 Å². The second-order valence-electron chi connectivity index (χ2n) is 5.33. The first-order chi connectivity index (χ1) is 9.66. The molecule has 0 radical (unpaired) electrons. The maximum atomic E-state index is 11.1. The Balaban J connectivity index is 3.26. The maximum Gasteiger partial charge on any atom is 0.330 e. The van der Waals surface area contributed by atoms with Gasteiger partial charge in [-0.25, -0.2) is 4.79 Å². The molecule has 0 N–H and O–H groups in total. The summed E-state index contributed by atoms with van der Waals surface area (Å²) < 4.78 is 4.72. The molecular formula is C17H30O3. The van der Waals surface area contributed by atoms with Crippen LogP contribution in [0.2, 0.25) is 0 Å². The third-order valence-corrected chi connectivity index (χ3v) is 3.15. The maximum absolute atomic E-state index is 11.1. The highest BCUT2D eigenvalue weighted by molar-refractivity contribution is 5.85. The van der Waals surface area contributed by atoms with Crippen molar-refractivity contribution in [3.8, 4) is 0 Å². The fraction of sp³-hybridized carbons (Fsp3) is 0.765. The Kier molecular flexibility index (Phi) is 13.5. The monoisotopic (exact) mass is 282 g/mol. The highest BCUT2D eigenvalue weighted by atomic mass is 16.5. The van der Waals surface area contributed by atoms with Gasteiger partial charge in [-0.3, -0.25) is 4.79 Å². The molecule has 116 valence electrons. The van der Waals surface area contributed by atoms with Crippen LogP contribution < -0.4 is 0 Å². The van der Waals surface area contributed by atoms with E-state index in [0.29, 0.717) is 0 Å². The number of carbonyl (C=O) groups excluding carboxylic acids is 2. The van der Waals surface area contributed by atoms with Crippen molar-refractivity contribution in [2.24, 2.45) is 0 Å². The van der Waals surface area contributed by atoms with E-state index in [1.807, 2.05) is 6.08 Å². The van der Waals surface area contributed by atoms with Gasteiger partial charge in [0.25, 0.3) is 0 Å². The number of hydrogen-bond acceptors (Lipinski definition) is 3. The fourth-order valence-electron chi connectivity index (χ4n) is 1.97. The second kappa shape index (κ2) is 14.3. The predicted molar refractivity (Wildman–Crippen MR) is 82.6 cm³/mol. The normalized spacial score (nSPS) is 10.9. The van der Waals surface area contributed by atoms with Crippen molar-refractivity contribution in [2.45, 2.75) is 78.1 Å². The van der Waals surface area contributed by atoms with Gasteiger partial charge in [0, 0.05) is 6.08 Å². The molecule has 0 aliphatic heterocycles. The number of unbranched alkanes of at least 4 members (excludes halogenated alkanes) is 9. The van der Waals surface area contributed by atoms with Crippen molar-refractivity contribution in [1.29, 1.82) is 0 Å². The van der Waals surface area contributed by atoms with E-state index in [4.69, 9.17) is 4.74 Å². The van der Waals surface area contributed by atoms with Gasteiger partial charge < -0.3 is 4.74 Å². The van der Waals surface area contributed by atoms with Gasteiger partial charge in [0.05, 0.1) is 0 Å². The number of Topliss-reactive ketones (excluding diaryl/α,β-unsaturated/α-hetero) is 1. The highest BCUT2D eigenvalue weighted by Crippen LogP contribution is 2.10. The fourth-order valence-corrected chi connectivity index (χ4v) is 1.97. The average molecular weight is 282 g/mol. The van der Waals surface area contributed by atoms with Gasteiger partial charge in [-0.15, -0.1) is 0 Å². The first-order valence-corrected chi connectivity index (χ1v) is 7.99. The summed E-state index contributed by atoms with van der Waals surface area (Å²) in [5, 5.41) is 0. The highest BCUT2D eigenvalue weighted by Gasteiger charge is 1.98. The molecule has 20 heavy (non-hydrogen) atoms. The van der Waals surface area contributed by atoms with E-state index >= 15 is 0 Å². The van der Waals surface area contributed by atoms with Crippen molar-refractivity contribution >= 4 is 11.8 Å². The molecule has 0 aromatic heterocycles. The molecule has 0 unspecified atom stereocenters. The minimum absolute atomic E-state index is 0.124. The Labute approximate surface area is 123 Å². The topological polar surface area (TPSA) is 43.4 Å². The molecule has 3 heteroatoms. The number of allylic oxidation sites excluding steroid dienone is 1. The van der Waals surface area contributed by atoms with Crippen LogP contribution in [-0.4, -0.2) is 18.4 Å². The van der Waals surface area contributed by atoms with Crippen LogP contribution in [0.5, 0.6) is 0 Å². The number of carbonyl (C=O) groups is 2. The van der Waals surface area contributed by atoms with Crippen LogP contribution in [0.4, 0.5) is 0 Å². The van der Waals surface area contributed by atoms with Crippen molar-refractivity contribution in [2.75, 3.05) is 6.61 Å². The van der Waals surface area contributed by atoms with Crippen LogP contribution in [-0.2, 0) is 14.3 Å². The quantitative estimate of drug-likeness (QED) is 0.282. The van der Waals surface area contributed by atoms with Gasteiger partial charge in [-0.05, 0) is 19.8 Å². The molecule has 3 nitrogen and oxygen atoms in total. The molecule has 0 fully saturated rings. The summed E-state index contributed by atoms with van der Waals surface area (Å²) in [5.74, 6) is -0.554. The molecule has 0 amide bonds. The van der Waals surface area contributed by atoms with Gasteiger partial charge >= 0.3 is 5.97 Å². The molecule has 0 rings (SSSR count). The predicted octanol–water partition coefficient (Wildman–Crippen LogP) is 4.60. The number of hydrogen-bond donors (Lipinski definition) is 0. The molecular weight excluding hydrogens is 252 g/mol. The smallest absolute Gasteiger partial charge is 0.330 e. The average Bonchev–Trinajstić information content (AvgIpc) is 2.42. The van der Waals surface area contributed by atoms with E-state index in [0.717, 1.165) is 12.8 Å². The summed E-state index contributed by atoms with van der Waals surface area (Å²) in [6.07, 6.45) is 15.9. The summed E-state index contributed by atoms with van der Waals surface area (Å²) in [4.78, 5) is 21.8. The lowest BCUT2D eigenvalue weighted by molar-refractivity contribution is -0.142. The van der Waals surface area contributed by atoms with E-state index in [-0.39, 0.29) is 12.4 Å². The Morgan fingerprint density at radius 1 is 0.900 bits per heavy atom. The summed E-state index contributed by atoms with van der Waals surface area (Å²) in [7, 11) is 0. The first-order valence-electron chi connectivity index (χ1n) is 7.99. The van der Waals surface area contributed by atoms with Crippen LogP contribution in [0.1, 0.15) is 78.1 Å². The number of rotatable bonds is 13. The summed E-state index contributed by atoms with van der Waals surface area (Å²) in [5.41, 5.74) is 0. The van der Waals surface area contributed by atoms with E-state index < -0.39 is 5.97 Å². The van der Waals surface area contributed by atoms with Gasteiger partial charge in [0.2, 0.25) is 0 Å². The molecule has 0 atom stereocenters. The molecule has 0 heterocycles. The van der Waals surface area contributed by atoms with Crippen LogP contribution >= 0.6 is 0 Å². The molecule has 0 spiro atoms. The van der Waals surface area contributed by atoms with Crippen molar-refractivity contribution < 1.29 is 14.3 Å². The number of ketones is 1. The Morgan fingerprint density at radius 3 is 2.00 bits per heavy atom. The minimum Gasteiger partial charge on any atom is -0.455 e. The van der Waals surface area contributed by atoms with Crippen LogP contribution in [0.15, 0.2) is 12.2 Å². The lowest BCUT2D eigenvalue weighted by Gasteiger charge is -2.00. The van der Waals surface area contributed by atoms with Crippen molar-refractivity contribution in [1.82, 2.24) is 0 Å². The molecule has 0 saturated heterocycles. The van der Waals surface area contributed by atoms with Crippen LogP contribution in [0.25, 0.3) is 0 Å². The minimum atomic E-state index is -0.420. The molecule has 0 aliphatic carbocycles. The zero-order valence-electron chi connectivity index (χ0n) is 13.2. The lowest BCUT2D eigenvalue weighted by Crippen LogP contribution is -2.08. The molecule has 0 aliphatic rings. The largest absolute Gasteiger partial charge is 0.455 e. The molecule has 0 bridgehead atoms. The Hall–Kier alpha value is -1.12. The zero-order valence-corrected chi connectivity index (χ0v) is 13.2. The molecule has 0 aromatic rings. The Bertz CT molecular complexity index is 282. The third-order valence-electron chi connectivity index (χ3n) is 3.15. The van der Waals surface area contributed by atoms with E-state index in [2.05, 4.69) is 6.92 Å². The SMILES string of the molecule is CCCCCCCCCCCC=CC(=O)OCC(C)=O. The second-order valence-corrected chi connectivity index (χ2v) is 5.33.